The molecule has 2 saturated heterocycles. The number of unbranched alkanes of at least 4 members (excludes halogenated alkanes) is 2. The Bertz CT molecular complexity index is 617. The quantitative estimate of drug-likeness (QED) is 0.215. The molecular formula is C15H20N4O3S3. The van der Waals surface area contributed by atoms with Gasteiger partial charge in [0.05, 0.1) is 17.0 Å². The molecule has 3 rings (SSSR count). The summed E-state index contributed by atoms with van der Waals surface area (Å²) in [4.78, 5) is 25.6. The predicted molar refractivity (Wildman–Crippen MR) is 103 cm³/mol. The third-order valence-corrected chi connectivity index (χ3v) is 8.09. The molecule has 0 spiro atoms. The number of thioether (sulfide) groups is 1. The number of amides is 2. The molecule has 1 aromatic rings. The average molecular weight is 401 g/mol. The second-order valence-corrected chi connectivity index (χ2v) is 9.70. The zero-order valence-corrected chi connectivity index (χ0v) is 16.0. The summed E-state index contributed by atoms with van der Waals surface area (Å²) in [5.41, 5.74) is 0.0232. The highest BCUT2D eigenvalue weighted by Crippen LogP contribution is 2.34. The summed E-state index contributed by atoms with van der Waals surface area (Å²) in [6.45, 7) is 0. The van der Waals surface area contributed by atoms with Crippen molar-refractivity contribution in [2.75, 3.05) is 11.5 Å². The fourth-order valence-corrected chi connectivity index (χ4v) is 6.51. The summed E-state index contributed by atoms with van der Waals surface area (Å²) < 4.78 is 0. The molecule has 0 aromatic carbocycles. The number of hydrogen-bond acceptors (Lipinski definition) is 7. The van der Waals surface area contributed by atoms with Gasteiger partial charge in [-0.1, -0.05) is 23.6 Å². The molecule has 2 amide bonds. The van der Waals surface area contributed by atoms with E-state index in [4.69, 9.17) is 0 Å². The Morgan fingerprint density at radius 3 is 2.96 bits per heavy atom. The van der Waals surface area contributed by atoms with Crippen LogP contribution in [0.4, 0.5) is 10.5 Å². The normalized spacial score (nSPS) is 24.6. The van der Waals surface area contributed by atoms with Gasteiger partial charge in [0.15, 0.2) is 0 Å². The van der Waals surface area contributed by atoms with Crippen molar-refractivity contribution in [1.29, 1.82) is 0 Å². The second kappa shape index (κ2) is 9.00. The molecule has 3 atom stereocenters. The van der Waals surface area contributed by atoms with E-state index in [1.165, 1.54) is 25.1 Å². The number of aromatic nitrogens is 1. The minimum absolute atomic E-state index is 0.0198. The number of carbonyl (C=O) groups is 1. The van der Waals surface area contributed by atoms with E-state index in [1.807, 2.05) is 11.8 Å². The molecule has 7 nitrogen and oxygen atoms in total. The first-order chi connectivity index (χ1) is 12.1. The average Bonchev–Trinajstić information content (AvgIpc) is 3.14. The van der Waals surface area contributed by atoms with Gasteiger partial charge in [0.1, 0.15) is 11.2 Å². The Hall–Kier alpha value is -1.13. The summed E-state index contributed by atoms with van der Waals surface area (Å²) in [5, 5.41) is 17.9. The van der Waals surface area contributed by atoms with Crippen molar-refractivity contribution in [2.45, 2.75) is 48.0 Å². The van der Waals surface area contributed by atoms with Crippen LogP contribution in [0.3, 0.4) is 0 Å². The van der Waals surface area contributed by atoms with Crippen LogP contribution in [0.2, 0.25) is 0 Å². The van der Waals surface area contributed by atoms with Crippen molar-refractivity contribution < 1.29 is 9.72 Å². The van der Waals surface area contributed by atoms with Gasteiger partial charge >= 0.3 is 6.03 Å². The smallest absolute Gasteiger partial charge is 0.315 e. The van der Waals surface area contributed by atoms with Gasteiger partial charge in [-0.05, 0) is 29.7 Å². The first-order valence-corrected chi connectivity index (χ1v) is 11.6. The van der Waals surface area contributed by atoms with Crippen LogP contribution in [0.25, 0.3) is 0 Å². The molecule has 2 aliphatic heterocycles. The molecule has 0 radical (unpaired) electrons. The van der Waals surface area contributed by atoms with Gasteiger partial charge in [0, 0.05) is 22.8 Å². The largest absolute Gasteiger partial charge is 0.332 e. The SMILES string of the molecule is O=C1NC2CS[C@@H](CCCCCSSc3ccc([N+](=O)[O-])cn3)[C@H]2N1. The minimum Gasteiger partial charge on any atom is -0.332 e. The van der Waals surface area contributed by atoms with E-state index in [2.05, 4.69) is 15.6 Å². The zero-order valence-electron chi connectivity index (χ0n) is 13.6. The highest BCUT2D eigenvalue weighted by atomic mass is 33.1. The number of pyridine rings is 1. The summed E-state index contributed by atoms with van der Waals surface area (Å²) in [5.74, 6) is 2.05. The fourth-order valence-electron chi connectivity index (χ4n) is 2.96. The summed E-state index contributed by atoms with van der Waals surface area (Å²) in [7, 11) is 3.29. The van der Waals surface area contributed by atoms with E-state index in [0.29, 0.717) is 17.3 Å². The molecule has 1 unspecified atom stereocenters. The third-order valence-electron chi connectivity index (χ3n) is 4.23. The Balaban J connectivity index is 1.24. The lowest BCUT2D eigenvalue weighted by molar-refractivity contribution is -0.385. The summed E-state index contributed by atoms with van der Waals surface area (Å²) >= 11 is 1.96. The molecule has 0 aliphatic carbocycles. The number of carbonyl (C=O) groups excluding carboxylic acids is 1. The molecule has 136 valence electrons. The molecule has 3 heterocycles. The van der Waals surface area contributed by atoms with Crippen molar-refractivity contribution in [2.24, 2.45) is 0 Å². The molecular weight excluding hydrogens is 380 g/mol. The van der Waals surface area contributed by atoms with Crippen molar-refractivity contribution in [1.82, 2.24) is 15.6 Å². The molecule has 2 N–H and O–H groups in total. The van der Waals surface area contributed by atoms with Crippen molar-refractivity contribution >= 4 is 45.1 Å². The van der Waals surface area contributed by atoms with Gasteiger partial charge in [0.25, 0.3) is 5.69 Å². The van der Waals surface area contributed by atoms with Crippen molar-refractivity contribution in [3.05, 3.63) is 28.4 Å². The van der Waals surface area contributed by atoms with Crippen LogP contribution in [0.15, 0.2) is 23.4 Å². The maximum Gasteiger partial charge on any atom is 0.315 e. The molecule has 10 heteroatoms. The molecule has 0 bridgehead atoms. The van der Waals surface area contributed by atoms with Crippen LogP contribution >= 0.6 is 33.3 Å². The highest BCUT2D eigenvalue weighted by molar-refractivity contribution is 8.76. The van der Waals surface area contributed by atoms with Crippen LogP contribution in [0.1, 0.15) is 25.7 Å². The topological polar surface area (TPSA) is 97.2 Å². The maximum atomic E-state index is 11.3. The van der Waals surface area contributed by atoms with E-state index >= 15 is 0 Å². The third kappa shape index (κ3) is 5.18. The summed E-state index contributed by atoms with van der Waals surface area (Å²) in [6.07, 6.45) is 5.94. The van der Waals surface area contributed by atoms with Crippen LogP contribution in [-0.2, 0) is 0 Å². The van der Waals surface area contributed by atoms with Gasteiger partial charge in [-0.2, -0.15) is 11.8 Å². The van der Waals surface area contributed by atoms with Gasteiger partial charge < -0.3 is 10.6 Å². The van der Waals surface area contributed by atoms with E-state index < -0.39 is 4.92 Å². The maximum absolute atomic E-state index is 11.3. The van der Waals surface area contributed by atoms with Crippen LogP contribution in [0, 0.1) is 10.1 Å². The van der Waals surface area contributed by atoms with Crippen LogP contribution < -0.4 is 10.6 Å². The van der Waals surface area contributed by atoms with E-state index in [-0.39, 0.29) is 11.7 Å². The Labute approximate surface area is 158 Å². The lowest BCUT2D eigenvalue weighted by atomic mass is 10.0. The molecule has 2 fully saturated rings. The number of nitrogens with zero attached hydrogens (tertiary/aromatic N) is 2. The molecule has 2 aliphatic rings. The van der Waals surface area contributed by atoms with Crippen LogP contribution in [0.5, 0.6) is 0 Å². The number of hydrogen-bond donors (Lipinski definition) is 2. The van der Waals surface area contributed by atoms with Gasteiger partial charge in [0.2, 0.25) is 0 Å². The zero-order chi connectivity index (χ0) is 17.6. The standard InChI is InChI=1S/C15H20N4O3S3/c20-15-17-11-9-23-12(14(11)18-15)4-2-1-3-7-24-25-13-6-5-10(8-16-13)19(21)22/h5-6,8,11-12,14H,1-4,7,9H2,(H2,17,18,20)/t11?,12-,14-/m0/s1. The molecule has 25 heavy (non-hydrogen) atoms. The van der Waals surface area contributed by atoms with Gasteiger partial charge in [-0.3, -0.25) is 10.1 Å². The van der Waals surface area contributed by atoms with Crippen molar-refractivity contribution in [3.63, 3.8) is 0 Å². The van der Waals surface area contributed by atoms with Gasteiger partial charge in [-0.15, -0.1) is 0 Å². The lowest BCUT2D eigenvalue weighted by Gasteiger charge is -2.16. The minimum atomic E-state index is -0.438. The second-order valence-electron chi connectivity index (χ2n) is 5.99. The Morgan fingerprint density at radius 2 is 2.20 bits per heavy atom. The highest BCUT2D eigenvalue weighted by Gasteiger charge is 2.42. The van der Waals surface area contributed by atoms with Crippen LogP contribution in [-0.4, -0.2) is 44.8 Å². The Kier molecular flexibility index (Phi) is 6.71. The monoisotopic (exact) mass is 400 g/mol. The Morgan fingerprint density at radius 1 is 1.32 bits per heavy atom. The first-order valence-electron chi connectivity index (χ1n) is 8.22. The van der Waals surface area contributed by atoms with Crippen molar-refractivity contribution in [3.8, 4) is 0 Å². The summed E-state index contributed by atoms with van der Waals surface area (Å²) in [6, 6.07) is 3.76. The van der Waals surface area contributed by atoms with E-state index in [0.717, 1.165) is 29.4 Å². The molecule has 1 aromatic heterocycles. The lowest BCUT2D eigenvalue weighted by Crippen LogP contribution is -2.36. The van der Waals surface area contributed by atoms with Gasteiger partial charge in [-0.25, -0.2) is 9.78 Å². The number of nitro groups is 1. The fraction of sp³-hybridized carbons (Fsp3) is 0.600. The van der Waals surface area contributed by atoms with E-state index in [9.17, 15) is 14.9 Å². The predicted octanol–water partition coefficient (Wildman–Crippen LogP) is 3.46. The van der Waals surface area contributed by atoms with E-state index in [1.54, 1.807) is 27.7 Å². The first kappa shape index (κ1) is 18.7. The number of urea groups is 1. The molecule has 0 saturated carbocycles. The number of nitrogens with one attached hydrogen (secondary N) is 2. The number of rotatable bonds is 9. The number of fused-ring (bicyclic) bond motifs is 1.